The third-order valence-electron chi connectivity index (χ3n) is 4.55. The van der Waals surface area contributed by atoms with Crippen molar-refractivity contribution in [1.29, 1.82) is 5.26 Å². The zero-order valence-electron chi connectivity index (χ0n) is 11.5. The van der Waals surface area contributed by atoms with E-state index in [1.54, 1.807) is 0 Å². The van der Waals surface area contributed by atoms with Crippen molar-refractivity contribution in [2.75, 3.05) is 18.4 Å². The van der Waals surface area contributed by atoms with Crippen LogP contribution in [-0.2, 0) is 0 Å². The highest BCUT2D eigenvalue weighted by atomic mass is 15.2. The Labute approximate surface area is 115 Å². The maximum atomic E-state index is 8.97. The SMILES string of the molecule is Cc1cc(NC2CCN3CCCCC23)ccc1C#N. The highest BCUT2D eigenvalue weighted by Gasteiger charge is 2.35. The van der Waals surface area contributed by atoms with Crippen molar-refractivity contribution < 1.29 is 0 Å². The Morgan fingerprint density at radius 3 is 2.95 bits per heavy atom. The van der Waals surface area contributed by atoms with Crippen molar-refractivity contribution in [3.8, 4) is 6.07 Å². The number of rotatable bonds is 2. The van der Waals surface area contributed by atoms with E-state index >= 15 is 0 Å². The number of anilines is 1. The van der Waals surface area contributed by atoms with Crippen LogP contribution in [0, 0.1) is 18.3 Å². The summed E-state index contributed by atoms with van der Waals surface area (Å²) in [5, 5.41) is 12.7. The zero-order valence-corrected chi connectivity index (χ0v) is 11.5. The van der Waals surface area contributed by atoms with Crippen LogP contribution in [0.25, 0.3) is 0 Å². The van der Waals surface area contributed by atoms with Crippen molar-refractivity contribution in [2.45, 2.75) is 44.7 Å². The molecule has 0 spiro atoms. The summed E-state index contributed by atoms with van der Waals surface area (Å²) < 4.78 is 0. The van der Waals surface area contributed by atoms with Crippen LogP contribution in [-0.4, -0.2) is 30.1 Å². The molecule has 2 aliphatic rings. The van der Waals surface area contributed by atoms with Gasteiger partial charge in [0.15, 0.2) is 0 Å². The molecule has 2 unspecified atom stereocenters. The first-order valence-electron chi connectivity index (χ1n) is 7.29. The summed E-state index contributed by atoms with van der Waals surface area (Å²) >= 11 is 0. The molecule has 3 heteroatoms. The van der Waals surface area contributed by atoms with E-state index in [-0.39, 0.29) is 0 Å². The maximum absolute atomic E-state index is 8.97. The van der Waals surface area contributed by atoms with E-state index in [2.05, 4.69) is 22.4 Å². The minimum absolute atomic E-state index is 0.577. The smallest absolute Gasteiger partial charge is 0.0994 e. The van der Waals surface area contributed by atoms with Gasteiger partial charge in [0, 0.05) is 24.3 Å². The lowest BCUT2D eigenvalue weighted by Crippen LogP contribution is -2.41. The predicted molar refractivity (Wildman–Crippen MR) is 77.1 cm³/mol. The molecule has 19 heavy (non-hydrogen) atoms. The lowest BCUT2D eigenvalue weighted by Gasteiger charge is -2.33. The van der Waals surface area contributed by atoms with Gasteiger partial charge in [-0.15, -0.1) is 0 Å². The van der Waals surface area contributed by atoms with Gasteiger partial charge in [0.25, 0.3) is 0 Å². The summed E-state index contributed by atoms with van der Waals surface area (Å²) in [6.45, 7) is 4.51. The van der Waals surface area contributed by atoms with E-state index in [4.69, 9.17) is 5.26 Å². The van der Waals surface area contributed by atoms with Gasteiger partial charge >= 0.3 is 0 Å². The Morgan fingerprint density at radius 2 is 2.16 bits per heavy atom. The van der Waals surface area contributed by atoms with E-state index in [9.17, 15) is 0 Å². The molecule has 0 radical (unpaired) electrons. The monoisotopic (exact) mass is 255 g/mol. The summed E-state index contributed by atoms with van der Waals surface area (Å²) in [5.41, 5.74) is 3.00. The Hall–Kier alpha value is -1.53. The van der Waals surface area contributed by atoms with Crippen LogP contribution in [0.5, 0.6) is 0 Å². The largest absolute Gasteiger partial charge is 0.381 e. The fourth-order valence-corrected chi connectivity index (χ4v) is 3.51. The van der Waals surface area contributed by atoms with Gasteiger partial charge in [0.2, 0.25) is 0 Å². The van der Waals surface area contributed by atoms with Crippen molar-refractivity contribution in [2.24, 2.45) is 0 Å². The lowest BCUT2D eigenvalue weighted by atomic mass is 9.98. The van der Waals surface area contributed by atoms with Crippen LogP contribution in [0.3, 0.4) is 0 Å². The van der Waals surface area contributed by atoms with E-state index in [1.165, 1.54) is 38.8 Å². The summed E-state index contributed by atoms with van der Waals surface area (Å²) in [6.07, 6.45) is 5.29. The number of aryl methyl sites for hydroxylation is 1. The highest BCUT2D eigenvalue weighted by molar-refractivity contribution is 5.52. The Morgan fingerprint density at radius 1 is 1.26 bits per heavy atom. The number of fused-ring (bicyclic) bond motifs is 1. The summed E-state index contributed by atoms with van der Waals surface area (Å²) in [4.78, 5) is 2.64. The van der Waals surface area contributed by atoms with Crippen LogP contribution in [0.15, 0.2) is 18.2 Å². The molecule has 0 bridgehead atoms. The number of piperidine rings is 1. The number of benzene rings is 1. The number of hydrogen-bond donors (Lipinski definition) is 1. The van der Waals surface area contributed by atoms with E-state index in [1.807, 2.05) is 19.1 Å². The molecule has 0 saturated carbocycles. The molecule has 2 fully saturated rings. The molecule has 1 aromatic carbocycles. The van der Waals surface area contributed by atoms with E-state index in [0.717, 1.165) is 16.8 Å². The first-order chi connectivity index (χ1) is 9.28. The van der Waals surface area contributed by atoms with Gasteiger partial charge in [-0.25, -0.2) is 0 Å². The highest BCUT2D eigenvalue weighted by Crippen LogP contribution is 2.29. The first-order valence-corrected chi connectivity index (χ1v) is 7.29. The molecule has 2 heterocycles. The molecular weight excluding hydrogens is 234 g/mol. The Kier molecular flexibility index (Phi) is 3.44. The molecule has 3 nitrogen and oxygen atoms in total. The molecule has 1 aromatic rings. The standard InChI is InChI=1S/C16H21N3/c1-12-10-14(6-5-13(12)11-17)18-15-7-9-19-8-3-2-4-16(15)19/h5-6,10,15-16,18H,2-4,7-9H2,1H3. The summed E-state index contributed by atoms with van der Waals surface area (Å²) in [5.74, 6) is 0. The summed E-state index contributed by atoms with van der Waals surface area (Å²) in [7, 11) is 0. The van der Waals surface area contributed by atoms with Crippen molar-refractivity contribution >= 4 is 5.69 Å². The average Bonchev–Trinajstić information content (AvgIpc) is 2.83. The van der Waals surface area contributed by atoms with Gasteiger partial charge in [-0.1, -0.05) is 6.42 Å². The molecule has 100 valence electrons. The van der Waals surface area contributed by atoms with Crippen LogP contribution in [0.4, 0.5) is 5.69 Å². The van der Waals surface area contributed by atoms with Gasteiger partial charge in [0.05, 0.1) is 11.6 Å². The topological polar surface area (TPSA) is 39.1 Å². The summed E-state index contributed by atoms with van der Waals surface area (Å²) in [6, 6.07) is 9.58. The molecule has 0 aromatic heterocycles. The average molecular weight is 255 g/mol. The number of hydrogen-bond acceptors (Lipinski definition) is 3. The fourth-order valence-electron chi connectivity index (χ4n) is 3.51. The Balaban J connectivity index is 1.71. The van der Waals surface area contributed by atoms with Gasteiger partial charge in [-0.05, 0) is 56.5 Å². The van der Waals surface area contributed by atoms with Crippen LogP contribution < -0.4 is 5.32 Å². The van der Waals surface area contributed by atoms with Gasteiger partial charge in [0.1, 0.15) is 0 Å². The number of nitriles is 1. The second kappa shape index (κ2) is 5.22. The lowest BCUT2D eigenvalue weighted by molar-refractivity contribution is 0.193. The van der Waals surface area contributed by atoms with Crippen molar-refractivity contribution in [1.82, 2.24) is 4.90 Å². The number of nitrogens with zero attached hydrogens (tertiary/aromatic N) is 2. The third kappa shape index (κ3) is 2.46. The van der Waals surface area contributed by atoms with Gasteiger partial charge in [-0.2, -0.15) is 5.26 Å². The molecule has 2 aliphatic heterocycles. The quantitative estimate of drug-likeness (QED) is 0.883. The molecular formula is C16H21N3. The zero-order chi connectivity index (χ0) is 13.2. The molecule has 0 amide bonds. The van der Waals surface area contributed by atoms with Crippen LogP contribution >= 0.6 is 0 Å². The molecule has 2 saturated heterocycles. The van der Waals surface area contributed by atoms with Crippen molar-refractivity contribution in [3.05, 3.63) is 29.3 Å². The molecule has 2 atom stereocenters. The first kappa shape index (κ1) is 12.5. The van der Waals surface area contributed by atoms with Crippen LogP contribution in [0.1, 0.15) is 36.8 Å². The molecule has 0 aliphatic carbocycles. The minimum atomic E-state index is 0.577. The minimum Gasteiger partial charge on any atom is -0.381 e. The van der Waals surface area contributed by atoms with Gasteiger partial charge in [-0.3, -0.25) is 4.90 Å². The predicted octanol–water partition coefficient (Wildman–Crippen LogP) is 2.91. The van der Waals surface area contributed by atoms with Crippen molar-refractivity contribution in [3.63, 3.8) is 0 Å². The normalized spacial score (nSPS) is 26.7. The second-order valence-electron chi connectivity index (χ2n) is 5.78. The number of nitrogens with one attached hydrogen (secondary N) is 1. The third-order valence-corrected chi connectivity index (χ3v) is 4.55. The second-order valence-corrected chi connectivity index (χ2v) is 5.78. The van der Waals surface area contributed by atoms with E-state index < -0.39 is 0 Å². The fraction of sp³-hybridized carbons (Fsp3) is 0.562. The molecule has 1 N–H and O–H groups in total. The van der Waals surface area contributed by atoms with E-state index in [0.29, 0.717) is 12.1 Å². The van der Waals surface area contributed by atoms with Gasteiger partial charge < -0.3 is 5.32 Å². The molecule has 3 rings (SSSR count). The maximum Gasteiger partial charge on any atom is 0.0994 e. The van der Waals surface area contributed by atoms with Crippen LogP contribution in [0.2, 0.25) is 0 Å². The Bertz CT molecular complexity index is 503.